The standard InChI is InChI=1S/C14H27N3O2/c1-6-7-8-11-17(5)14(15-4)16-10-9-13(18)19-12(2)3/h6,12H,1,7-11H2,2-5H3,(H,15,16). The largest absolute Gasteiger partial charge is 0.463 e. The number of rotatable bonds is 8. The fraction of sp³-hybridized carbons (Fsp3) is 0.714. The van der Waals surface area contributed by atoms with E-state index in [0.29, 0.717) is 13.0 Å². The highest BCUT2D eigenvalue weighted by molar-refractivity contribution is 5.80. The average Bonchev–Trinajstić information content (AvgIpc) is 2.33. The molecule has 0 aliphatic carbocycles. The first-order valence-electron chi connectivity index (χ1n) is 6.73. The SMILES string of the molecule is C=CCCCN(C)C(=NC)NCCC(=O)OC(C)C. The summed E-state index contributed by atoms with van der Waals surface area (Å²) in [6.45, 7) is 8.83. The van der Waals surface area contributed by atoms with Crippen molar-refractivity contribution in [2.75, 3.05) is 27.2 Å². The first-order valence-corrected chi connectivity index (χ1v) is 6.73. The fourth-order valence-electron chi connectivity index (χ4n) is 1.56. The summed E-state index contributed by atoms with van der Waals surface area (Å²) in [4.78, 5) is 17.6. The molecule has 19 heavy (non-hydrogen) atoms. The zero-order chi connectivity index (χ0) is 14.7. The number of carbonyl (C=O) groups excluding carboxylic acids is 1. The van der Waals surface area contributed by atoms with Gasteiger partial charge in [0.15, 0.2) is 5.96 Å². The minimum absolute atomic E-state index is 0.0617. The van der Waals surface area contributed by atoms with Crippen LogP contribution < -0.4 is 5.32 Å². The van der Waals surface area contributed by atoms with E-state index in [-0.39, 0.29) is 12.1 Å². The van der Waals surface area contributed by atoms with Gasteiger partial charge in [-0.2, -0.15) is 0 Å². The Bertz CT molecular complexity index is 301. The summed E-state index contributed by atoms with van der Waals surface area (Å²) < 4.78 is 5.06. The number of hydrogen-bond donors (Lipinski definition) is 1. The number of guanidine groups is 1. The van der Waals surface area contributed by atoms with Gasteiger partial charge in [-0.15, -0.1) is 6.58 Å². The van der Waals surface area contributed by atoms with Crippen molar-refractivity contribution in [3.05, 3.63) is 12.7 Å². The molecular weight excluding hydrogens is 242 g/mol. The molecule has 0 bridgehead atoms. The lowest BCUT2D eigenvalue weighted by atomic mass is 10.3. The molecule has 0 saturated heterocycles. The van der Waals surface area contributed by atoms with Gasteiger partial charge in [-0.25, -0.2) is 0 Å². The zero-order valence-electron chi connectivity index (χ0n) is 12.6. The van der Waals surface area contributed by atoms with E-state index in [0.717, 1.165) is 25.3 Å². The predicted molar refractivity (Wildman–Crippen MR) is 79.3 cm³/mol. The average molecular weight is 269 g/mol. The van der Waals surface area contributed by atoms with Crippen molar-refractivity contribution in [1.82, 2.24) is 10.2 Å². The molecule has 0 aliphatic heterocycles. The third kappa shape index (κ3) is 9.11. The number of ether oxygens (including phenoxy) is 1. The summed E-state index contributed by atoms with van der Waals surface area (Å²) in [5.74, 6) is 0.605. The molecule has 0 atom stereocenters. The van der Waals surface area contributed by atoms with Crippen LogP contribution in [0.15, 0.2) is 17.6 Å². The molecule has 0 aromatic carbocycles. The van der Waals surface area contributed by atoms with Gasteiger partial charge in [0.2, 0.25) is 0 Å². The van der Waals surface area contributed by atoms with Crippen molar-refractivity contribution in [3.63, 3.8) is 0 Å². The van der Waals surface area contributed by atoms with Gasteiger partial charge in [-0.1, -0.05) is 6.08 Å². The maximum atomic E-state index is 11.4. The molecule has 0 amide bonds. The highest BCUT2D eigenvalue weighted by atomic mass is 16.5. The Morgan fingerprint density at radius 3 is 2.74 bits per heavy atom. The molecule has 0 aliphatic rings. The Morgan fingerprint density at radius 1 is 1.53 bits per heavy atom. The second-order valence-electron chi connectivity index (χ2n) is 4.62. The van der Waals surface area contributed by atoms with Crippen molar-refractivity contribution >= 4 is 11.9 Å². The van der Waals surface area contributed by atoms with Crippen LogP contribution in [0.4, 0.5) is 0 Å². The summed E-state index contributed by atoms with van der Waals surface area (Å²) in [7, 11) is 3.71. The van der Waals surface area contributed by atoms with E-state index in [1.807, 2.05) is 31.9 Å². The summed E-state index contributed by atoms with van der Waals surface area (Å²) in [5.41, 5.74) is 0. The number of esters is 1. The lowest BCUT2D eigenvalue weighted by Gasteiger charge is -2.21. The molecule has 0 unspecified atom stereocenters. The maximum absolute atomic E-state index is 11.4. The summed E-state index contributed by atoms with van der Waals surface area (Å²) in [6.07, 6.45) is 4.22. The minimum Gasteiger partial charge on any atom is -0.463 e. The first-order chi connectivity index (χ1) is 9.01. The number of nitrogens with one attached hydrogen (secondary N) is 1. The van der Waals surface area contributed by atoms with Crippen molar-refractivity contribution in [3.8, 4) is 0 Å². The molecule has 0 aromatic heterocycles. The van der Waals surface area contributed by atoms with Crippen LogP contribution in [0.25, 0.3) is 0 Å². The van der Waals surface area contributed by atoms with Crippen molar-refractivity contribution in [1.29, 1.82) is 0 Å². The van der Waals surface area contributed by atoms with Crippen LogP contribution in [-0.2, 0) is 9.53 Å². The van der Waals surface area contributed by atoms with E-state index in [1.165, 1.54) is 0 Å². The summed E-state index contributed by atoms with van der Waals surface area (Å²) in [6, 6.07) is 0. The molecule has 110 valence electrons. The molecule has 5 nitrogen and oxygen atoms in total. The van der Waals surface area contributed by atoms with E-state index in [1.54, 1.807) is 7.05 Å². The molecule has 0 saturated carbocycles. The van der Waals surface area contributed by atoms with E-state index in [4.69, 9.17) is 4.74 Å². The number of carbonyl (C=O) groups is 1. The van der Waals surface area contributed by atoms with Crippen molar-refractivity contribution in [2.45, 2.75) is 39.2 Å². The van der Waals surface area contributed by atoms with E-state index in [2.05, 4.69) is 16.9 Å². The topological polar surface area (TPSA) is 53.9 Å². The lowest BCUT2D eigenvalue weighted by Crippen LogP contribution is -2.40. The van der Waals surface area contributed by atoms with Crippen LogP contribution in [0.3, 0.4) is 0 Å². The molecule has 0 spiro atoms. The quantitative estimate of drug-likeness (QED) is 0.240. The smallest absolute Gasteiger partial charge is 0.307 e. The van der Waals surface area contributed by atoms with Crippen molar-refractivity contribution in [2.24, 2.45) is 4.99 Å². The van der Waals surface area contributed by atoms with Crippen LogP contribution in [0, 0.1) is 0 Å². The second kappa shape index (κ2) is 10.4. The van der Waals surface area contributed by atoms with Crippen LogP contribution >= 0.6 is 0 Å². The van der Waals surface area contributed by atoms with Gasteiger partial charge in [-0.3, -0.25) is 9.79 Å². The zero-order valence-corrected chi connectivity index (χ0v) is 12.6. The molecule has 5 heteroatoms. The third-order valence-corrected chi connectivity index (χ3v) is 2.45. The van der Waals surface area contributed by atoms with Crippen LogP contribution in [-0.4, -0.2) is 50.1 Å². The number of nitrogens with zero attached hydrogens (tertiary/aromatic N) is 2. The van der Waals surface area contributed by atoms with Gasteiger partial charge >= 0.3 is 5.97 Å². The molecular formula is C14H27N3O2. The van der Waals surface area contributed by atoms with Gasteiger partial charge in [-0.05, 0) is 26.7 Å². The Labute approximate surface area is 116 Å². The highest BCUT2D eigenvalue weighted by Crippen LogP contribution is 1.95. The Kier molecular flexibility index (Phi) is 9.57. The lowest BCUT2D eigenvalue weighted by molar-refractivity contribution is -0.147. The second-order valence-corrected chi connectivity index (χ2v) is 4.62. The fourth-order valence-corrected chi connectivity index (χ4v) is 1.56. The number of aliphatic imine (C=N–C) groups is 1. The van der Waals surface area contributed by atoms with Crippen LogP contribution in [0.5, 0.6) is 0 Å². The number of allylic oxidation sites excluding steroid dienone is 1. The summed E-state index contributed by atoms with van der Waals surface area (Å²) in [5, 5.41) is 3.15. The normalized spacial score (nSPS) is 11.3. The van der Waals surface area contributed by atoms with Gasteiger partial charge in [0.1, 0.15) is 0 Å². The van der Waals surface area contributed by atoms with Crippen LogP contribution in [0.1, 0.15) is 33.1 Å². The maximum Gasteiger partial charge on any atom is 0.307 e. The molecule has 0 heterocycles. The molecule has 0 fully saturated rings. The Balaban J connectivity index is 3.93. The van der Waals surface area contributed by atoms with Gasteiger partial charge in [0.05, 0.1) is 12.5 Å². The number of hydrogen-bond acceptors (Lipinski definition) is 3. The Hall–Kier alpha value is -1.52. The first kappa shape index (κ1) is 17.5. The van der Waals surface area contributed by atoms with E-state index >= 15 is 0 Å². The minimum atomic E-state index is -0.188. The summed E-state index contributed by atoms with van der Waals surface area (Å²) >= 11 is 0. The molecule has 1 N–H and O–H groups in total. The molecule has 0 rings (SSSR count). The van der Waals surface area contributed by atoms with Gasteiger partial charge in [0.25, 0.3) is 0 Å². The monoisotopic (exact) mass is 269 g/mol. The van der Waals surface area contributed by atoms with Gasteiger partial charge < -0.3 is 15.0 Å². The predicted octanol–water partition coefficient (Wildman–Crippen LogP) is 1.80. The third-order valence-electron chi connectivity index (χ3n) is 2.45. The molecule has 0 aromatic rings. The van der Waals surface area contributed by atoms with Crippen molar-refractivity contribution < 1.29 is 9.53 Å². The van der Waals surface area contributed by atoms with Crippen LogP contribution in [0.2, 0.25) is 0 Å². The highest BCUT2D eigenvalue weighted by Gasteiger charge is 2.08. The number of unbranched alkanes of at least 4 members (excludes halogenated alkanes) is 1. The van der Waals surface area contributed by atoms with E-state index < -0.39 is 0 Å². The molecule has 0 radical (unpaired) electrons. The van der Waals surface area contributed by atoms with E-state index in [9.17, 15) is 4.79 Å². The Morgan fingerprint density at radius 2 is 2.21 bits per heavy atom. The van der Waals surface area contributed by atoms with Gasteiger partial charge in [0, 0.05) is 27.2 Å².